The SMILES string of the molecule is COc1ccc(-c2noc(CSCc3ccccc3C)n2)cc1OC. The summed E-state index contributed by atoms with van der Waals surface area (Å²) in [5.74, 6) is 4.06. The molecular formula is C19H20N2O3S. The van der Waals surface area contributed by atoms with E-state index in [1.165, 1.54) is 11.1 Å². The Morgan fingerprint density at radius 1 is 1.00 bits per heavy atom. The maximum Gasteiger partial charge on any atom is 0.236 e. The Morgan fingerprint density at radius 2 is 1.80 bits per heavy atom. The second-order valence-electron chi connectivity index (χ2n) is 5.50. The van der Waals surface area contributed by atoms with Crippen LogP contribution in [0.1, 0.15) is 17.0 Å². The van der Waals surface area contributed by atoms with Crippen molar-refractivity contribution in [1.82, 2.24) is 10.1 Å². The number of hydrogen-bond donors (Lipinski definition) is 0. The Kier molecular flexibility index (Phi) is 5.60. The number of methoxy groups -OCH3 is 2. The zero-order valence-corrected chi connectivity index (χ0v) is 15.3. The molecule has 0 atom stereocenters. The van der Waals surface area contributed by atoms with E-state index in [1.807, 2.05) is 18.2 Å². The number of aryl methyl sites for hydroxylation is 1. The van der Waals surface area contributed by atoms with Gasteiger partial charge < -0.3 is 14.0 Å². The predicted molar refractivity (Wildman–Crippen MR) is 99.0 cm³/mol. The minimum Gasteiger partial charge on any atom is -0.493 e. The van der Waals surface area contributed by atoms with Crippen LogP contribution in [0.3, 0.4) is 0 Å². The number of aromatic nitrogens is 2. The zero-order valence-electron chi connectivity index (χ0n) is 14.5. The minimum absolute atomic E-state index is 0.549. The fourth-order valence-corrected chi connectivity index (χ4v) is 3.36. The van der Waals surface area contributed by atoms with E-state index in [1.54, 1.807) is 26.0 Å². The van der Waals surface area contributed by atoms with Crippen LogP contribution >= 0.6 is 11.8 Å². The first kappa shape index (κ1) is 17.4. The van der Waals surface area contributed by atoms with Crippen molar-refractivity contribution < 1.29 is 14.0 Å². The maximum atomic E-state index is 5.36. The third-order valence-electron chi connectivity index (χ3n) is 3.85. The van der Waals surface area contributed by atoms with Gasteiger partial charge in [-0.25, -0.2) is 0 Å². The predicted octanol–water partition coefficient (Wildman–Crippen LogP) is 4.50. The van der Waals surface area contributed by atoms with E-state index in [9.17, 15) is 0 Å². The number of ether oxygens (including phenoxy) is 2. The summed E-state index contributed by atoms with van der Waals surface area (Å²) in [6.45, 7) is 2.12. The van der Waals surface area contributed by atoms with Crippen LogP contribution in [0.5, 0.6) is 11.5 Å². The molecule has 0 aliphatic heterocycles. The molecule has 1 aromatic heterocycles. The molecular weight excluding hydrogens is 336 g/mol. The Balaban J connectivity index is 1.65. The van der Waals surface area contributed by atoms with Crippen molar-refractivity contribution in [3.8, 4) is 22.9 Å². The van der Waals surface area contributed by atoms with Crippen molar-refractivity contribution in [3.63, 3.8) is 0 Å². The summed E-state index contributed by atoms with van der Waals surface area (Å²) >= 11 is 1.75. The Morgan fingerprint density at radius 3 is 2.56 bits per heavy atom. The van der Waals surface area contributed by atoms with Crippen molar-refractivity contribution in [2.45, 2.75) is 18.4 Å². The van der Waals surface area contributed by atoms with Gasteiger partial charge in [-0.2, -0.15) is 4.98 Å². The molecule has 0 saturated carbocycles. The van der Waals surface area contributed by atoms with Gasteiger partial charge >= 0.3 is 0 Å². The molecule has 0 amide bonds. The molecule has 1 heterocycles. The maximum absolute atomic E-state index is 5.36. The van der Waals surface area contributed by atoms with E-state index in [-0.39, 0.29) is 0 Å². The van der Waals surface area contributed by atoms with E-state index in [4.69, 9.17) is 14.0 Å². The summed E-state index contributed by atoms with van der Waals surface area (Å²) in [5, 5.41) is 4.06. The number of rotatable bonds is 7. The van der Waals surface area contributed by atoms with Crippen LogP contribution in [-0.4, -0.2) is 24.4 Å². The summed E-state index contributed by atoms with van der Waals surface area (Å²) < 4.78 is 15.9. The third kappa shape index (κ3) is 4.14. The molecule has 0 spiro atoms. The van der Waals surface area contributed by atoms with Crippen LogP contribution in [0.2, 0.25) is 0 Å². The van der Waals surface area contributed by atoms with Gasteiger partial charge in [0.25, 0.3) is 0 Å². The molecule has 0 radical (unpaired) electrons. The van der Waals surface area contributed by atoms with E-state index >= 15 is 0 Å². The molecule has 5 nitrogen and oxygen atoms in total. The standard InChI is InChI=1S/C19H20N2O3S/c1-13-6-4-5-7-15(13)11-25-12-18-20-19(21-24-18)14-8-9-16(22-2)17(10-14)23-3/h4-10H,11-12H2,1-3H3. The highest BCUT2D eigenvalue weighted by Crippen LogP contribution is 2.31. The van der Waals surface area contributed by atoms with Gasteiger partial charge in [0.1, 0.15) is 0 Å². The third-order valence-corrected chi connectivity index (χ3v) is 4.82. The summed E-state index contributed by atoms with van der Waals surface area (Å²) in [6.07, 6.45) is 0. The largest absolute Gasteiger partial charge is 0.493 e. The van der Waals surface area contributed by atoms with Gasteiger partial charge in [0, 0.05) is 11.3 Å². The van der Waals surface area contributed by atoms with E-state index in [2.05, 4.69) is 41.3 Å². The molecule has 2 aromatic carbocycles. The zero-order chi connectivity index (χ0) is 17.6. The average molecular weight is 356 g/mol. The molecule has 0 saturated heterocycles. The summed E-state index contributed by atoms with van der Waals surface area (Å²) in [7, 11) is 3.21. The molecule has 0 aliphatic carbocycles. The molecule has 0 N–H and O–H groups in total. The highest BCUT2D eigenvalue weighted by atomic mass is 32.2. The van der Waals surface area contributed by atoms with Gasteiger partial charge in [-0.05, 0) is 36.2 Å². The van der Waals surface area contributed by atoms with Gasteiger partial charge in [-0.3, -0.25) is 0 Å². The van der Waals surface area contributed by atoms with Crippen molar-refractivity contribution in [2.75, 3.05) is 14.2 Å². The van der Waals surface area contributed by atoms with Crippen LogP contribution in [0, 0.1) is 6.92 Å². The fraction of sp³-hybridized carbons (Fsp3) is 0.263. The first-order valence-corrected chi connectivity index (χ1v) is 9.04. The lowest BCUT2D eigenvalue weighted by molar-refractivity contribution is 0.355. The first-order valence-electron chi connectivity index (χ1n) is 7.88. The second kappa shape index (κ2) is 8.07. The molecule has 3 rings (SSSR count). The summed E-state index contributed by atoms with van der Waals surface area (Å²) in [4.78, 5) is 4.47. The Bertz CT molecular complexity index is 848. The molecule has 3 aromatic rings. The summed E-state index contributed by atoms with van der Waals surface area (Å²) in [5.41, 5.74) is 3.45. The number of hydrogen-bond acceptors (Lipinski definition) is 6. The first-order chi connectivity index (χ1) is 12.2. The lowest BCUT2D eigenvalue weighted by atomic mass is 10.1. The molecule has 0 fully saturated rings. The Labute approximate surface area is 151 Å². The van der Waals surface area contributed by atoms with Gasteiger partial charge in [0.2, 0.25) is 11.7 Å². The van der Waals surface area contributed by atoms with Crippen LogP contribution in [0.4, 0.5) is 0 Å². The molecule has 6 heteroatoms. The number of benzene rings is 2. The second-order valence-corrected chi connectivity index (χ2v) is 6.49. The molecule has 25 heavy (non-hydrogen) atoms. The van der Waals surface area contributed by atoms with Crippen molar-refractivity contribution >= 4 is 11.8 Å². The fourth-order valence-electron chi connectivity index (χ4n) is 2.43. The highest BCUT2D eigenvalue weighted by molar-refractivity contribution is 7.97. The lowest BCUT2D eigenvalue weighted by Gasteiger charge is -2.07. The van der Waals surface area contributed by atoms with Crippen LogP contribution in [0.15, 0.2) is 47.0 Å². The molecule has 0 unspecified atom stereocenters. The molecule has 0 bridgehead atoms. The van der Waals surface area contributed by atoms with Crippen LogP contribution < -0.4 is 9.47 Å². The quantitative estimate of drug-likeness (QED) is 0.621. The minimum atomic E-state index is 0.549. The van der Waals surface area contributed by atoms with Crippen LogP contribution in [-0.2, 0) is 11.5 Å². The average Bonchev–Trinajstić information content (AvgIpc) is 3.11. The Hall–Kier alpha value is -2.47. The van der Waals surface area contributed by atoms with E-state index < -0.39 is 0 Å². The lowest BCUT2D eigenvalue weighted by Crippen LogP contribution is -1.91. The van der Waals surface area contributed by atoms with Crippen molar-refractivity contribution in [2.24, 2.45) is 0 Å². The van der Waals surface area contributed by atoms with Gasteiger partial charge in [0.15, 0.2) is 11.5 Å². The van der Waals surface area contributed by atoms with Gasteiger partial charge in [-0.15, -0.1) is 11.8 Å². The topological polar surface area (TPSA) is 57.4 Å². The molecule has 130 valence electrons. The van der Waals surface area contributed by atoms with Gasteiger partial charge in [-0.1, -0.05) is 29.4 Å². The van der Waals surface area contributed by atoms with E-state index in [0.717, 1.165) is 11.3 Å². The number of thioether (sulfide) groups is 1. The number of nitrogens with zero attached hydrogens (tertiary/aromatic N) is 2. The van der Waals surface area contributed by atoms with Gasteiger partial charge in [0.05, 0.1) is 20.0 Å². The summed E-state index contributed by atoms with van der Waals surface area (Å²) in [6, 6.07) is 13.9. The van der Waals surface area contributed by atoms with E-state index in [0.29, 0.717) is 29.0 Å². The normalized spacial score (nSPS) is 10.7. The van der Waals surface area contributed by atoms with Crippen molar-refractivity contribution in [3.05, 3.63) is 59.5 Å². The highest BCUT2D eigenvalue weighted by Gasteiger charge is 2.12. The van der Waals surface area contributed by atoms with Crippen LogP contribution in [0.25, 0.3) is 11.4 Å². The van der Waals surface area contributed by atoms with Crippen molar-refractivity contribution in [1.29, 1.82) is 0 Å². The monoisotopic (exact) mass is 356 g/mol. The molecule has 0 aliphatic rings. The smallest absolute Gasteiger partial charge is 0.236 e.